The van der Waals surface area contributed by atoms with Crippen LogP contribution in [0.1, 0.15) is 30.3 Å². The number of carbonyl (C=O) groups is 1. The van der Waals surface area contributed by atoms with E-state index in [-0.39, 0.29) is 11.7 Å². The van der Waals surface area contributed by atoms with Gasteiger partial charge in [-0.3, -0.25) is 4.79 Å². The Hall–Kier alpha value is -2.67. The van der Waals surface area contributed by atoms with Gasteiger partial charge in [-0.2, -0.15) is 0 Å². The van der Waals surface area contributed by atoms with Crippen LogP contribution in [0.15, 0.2) is 40.9 Å². The summed E-state index contributed by atoms with van der Waals surface area (Å²) in [5.74, 6) is 0.803. The minimum atomic E-state index is -0.586. The summed E-state index contributed by atoms with van der Waals surface area (Å²) < 4.78 is 6.45. The molecule has 1 aliphatic carbocycles. The van der Waals surface area contributed by atoms with Gasteiger partial charge in [0, 0.05) is 21.5 Å². The van der Waals surface area contributed by atoms with E-state index in [1.165, 1.54) is 12.8 Å². The highest BCUT2D eigenvalue weighted by molar-refractivity contribution is 9.10. The maximum Gasteiger partial charge on any atom is 0.271 e. The van der Waals surface area contributed by atoms with E-state index in [4.69, 9.17) is 10.5 Å². The number of fused-ring (bicyclic) bond motifs is 1. The molecular formula is C21H21BrN4O2. The van der Waals surface area contributed by atoms with Gasteiger partial charge in [-0.25, -0.2) is 0 Å². The van der Waals surface area contributed by atoms with Gasteiger partial charge in [-0.1, -0.05) is 22.0 Å². The van der Waals surface area contributed by atoms with Crippen LogP contribution >= 0.6 is 15.9 Å². The molecule has 6 nitrogen and oxygen atoms in total. The van der Waals surface area contributed by atoms with Gasteiger partial charge in [0.05, 0.1) is 18.3 Å². The number of hydrogen-bond acceptors (Lipinski definition) is 5. The number of benzene rings is 2. The molecule has 28 heavy (non-hydrogen) atoms. The quantitative estimate of drug-likeness (QED) is 0.593. The van der Waals surface area contributed by atoms with Crippen molar-refractivity contribution in [2.24, 2.45) is 11.7 Å². The van der Waals surface area contributed by atoms with Gasteiger partial charge in [0.15, 0.2) is 5.69 Å². The summed E-state index contributed by atoms with van der Waals surface area (Å²) in [6.07, 6.45) is 2.40. The number of halogens is 1. The lowest BCUT2D eigenvalue weighted by atomic mass is 10.0. The van der Waals surface area contributed by atoms with Gasteiger partial charge in [-0.15, -0.1) is 10.2 Å². The molecule has 1 heterocycles. The number of hydrogen-bond donors (Lipinski definition) is 2. The van der Waals surface area contributed by atoms with Crippen molar-refractivity contribution in [2.45, 2.75) is 25.8 Å². The molecule has 144 valence electrons. The van der Waals surface area contributed by atoms with Crippen molar-refractivity contribution >= 4 is 38.4 Å². The van der Waals surface area contributed by atoms with Crippen LogP contribution in [0.4, 0.5) is 5.69 Å². The average Bonchev–Trinajstić information content (AvgIpc) is 3.52. The molecule has 1 amide bonds. The Bertz CT molecular complexity index is 1070. The van der Waals surface area contributed by atoms with Crippen molar-refractivity contribution in [2.75, 3.05) is 12.4 Å². The zero-order chi connectivity index (χ0) is 19.8. The number of nitrogens with zero attached hydrogens (tertiary/aromatic N) is 2. The van der Waals surface area contributed by atoms with E-state index in [0.717, 1.165) is 26.7 Å². The molecule has 1 fully saturated rings. The number of rotatable bonds is 6. The lowest BCUT2D eigenvalue weighted by Crippen LogP contribution is -2.23. The van der Waals surface area contributed by atoms with Crippen LogP contribution in [0.2, 0.25) is 0 Å². The molecule has 0 saturated heterocycles. The van der Waals surface area contributed by atoms with E-state index < -0.39 is 5.91 Å². The van der Waals surface area contributed by atoms with Crippen LogP contribution in [0.25, 0.3) is 22.0 Å². The van der Waals surface area contributed by atoms with Crippen LogP contribution < -0.4 is 15.8 Å². The summed E-state index contributed by atoms with van der Waals surface area (Å²) in [6.45, 7) is 2.12. The largest absolute Gasteiger partial charge is 0.496 e. The molecule has 1 unspecified atom stereocenters. The normalized spacial score (nSPS) is 14.7. The minimum Gasteiger partial charge on any atom is -0.496 e. The fourth-order valence-corrected chi connectivity index (χ4v) is 3.80. The third kappa shape index (κ3) is 3.54. The average molecular weight is 441 g/mol. The number of carbonyl (C=O) groups excluding carboxylic acids is 1. The van der Waals surface area contributed by atoms with Crippen LogP contribution in [0.5, 0.6) is 5.75 Å². The number of ether oxygens (including phenoxy) is 1. The van der Waals surface area contributed by atoms with E-state index in [9.17, 15) is 4.79 Å². The molecule has 3 aromatic rings. The summed E-state index contributed by atoms with van der Waals surface area (Å²) in [4.78, 5) is 11.9. The SMILES string of the molecule is COc1ccc(Br)cc1-c1ccc2c(NC(C)C3CC3)c(C(N)=O)nnc2c1. The van der Waals surface area contributed by atoms with Gasteiger partial charge in [-0.05, 0) is 61.6 Å². The molecule has 3 N–H and O–H groups in total. The molecule has 1 saturated carbocycles. The molecule has 0 bridgehead atoms. The number of anilines is 1. The van der Waals surface area contributed by atoms with E-state index >= 15 is 0 Å². The molecule has 2 aromatic carbocycles. The smallest absolute Gasteiger partial charge is 0.271 e. The summed E-state index contributed by atoms with van der Waals surface area (Å²) in [5.41, 5.74) is 8.96. The summed E-state index contributed by atoms with van der Waals surface area (Å²) in [7, 11) is 1.65. The van der Waals surface area contributed by atoms with Crippen LogP contribution in [-0.2, 0) is 0 Å². The lowest BCUT2D eigenvalue weighted by molar-refractivity contribution is 0.0995. The van der Waals surface area contributed by atoms with E-state index in [1.54, 1.807) is 7.11 Å². The fourth-order valence-electron chi connectivity index (χ4n) is 3.44. The maximum absolute atomic E-state index is 11.9. The second-order valence-corrected chi connectivity index (χ2v) is 8.05. The van der Waals surface area contributed by atoms with Crippen molar-refractivity contribution in [3.63, 3.8) is 0 Å². The van der Waals surface area contributed by atoms with Gasteiger partial charge in [0.25, 0.3) is 5.91 Å². The number of methoxy groups -OCH3 is 1. The highest BCUT2D eigenvalue weighted by Crippen LogP contribution is 2.37. The topological polar surface area (TPSA) is 90.1 Å². The molecule has 0 radical (unpaired) electrons. The Morgan fingerprint density at radius 1 is 1.25 bits per heavy atom. The summed E-state index contributed by atoms with van der Waals surface area (Å²) in [5, 5.41) is 12.6. The zero-order valence-electron chi connectivity index (χ0n) is 15.7. The molecule has 1 aliphatic rings. The fraction of sp³-hybridized carbons (Fsp3) is 0.286. The van der Waals surface area contributed by atoms with Crippen LogP contribution in [0.3, 0.4) is 0 Å². The van der Waals surface area contributed by atoms with Gasteiger partial charge in [0.1, 0.15) is 5.75 Å². The molecular weight excluding hydrogens is 420 g/mol. The van der Waals surface area contributed by atoms with Crippen LogP contribution in [-0.4, -0.2) is 29.3 Å². The van der Waals surface area contributed by atoms with E-state index in [1.807, 2.05) is 36.4 Å². The predicted molar refractivity (Wildman–Crippen MR) is 114 cm³/mol. The first-order valence-electron chi connectivity index (χ1n) is 9.18. The maximum atomic E-state index is 11.9. The Balaban J connectivity index is 1.84. The van der Waals surface area contributed by atoms with Crippen LogP contribution in [0, 0.1) is 5.92 Å². The first kappa shape index (κ1) is 18.7. The third-order valence-corrected chi connectivity index (χ3v) is 5.66. The molecule has 4 rings (SSSR count). The first-order chi connectivity index (χ1) is 13.5. The van der Waals surface area contributed by atoms with E-state index in [2.05, 4.69) is 38.4 Å². The van der Waals surface area contributed by atoms with Crippen molar-refractivity contribution in [3.05, 3.63) is 46.6 Å². The highest BCUT2D eigenvalue weighted by Gasteiger charge is 2.29. The second kappa shape index (κ2) is 7.39. The number of amides is 1. The molecule has 7 heteroatoms. The number of nitrogens with one attached hydrogen (secondary N) is 1. The molecule has 0 aliphatic heterocycles. The molecule has 1 aromatic heterocycles. The highest BCUT2D eigenvalue weighted by atomic mass is 79.9. The third-order valence-electron chi connectivity index (χ3n) is 5.17. The van der Waals surface area contributed by atoms with E-state index in [0.29, 0.717) is 17.1 Å². The van der Waals surface area contributed by atoms with Crippen molar-refractivity contribution in [1.82, 2.24) is 10.2 Å². The first-order valence-corrected chi connectivity index (χ1v) is 9.98. The Labute approximate surface area is 171 Å². The van der Waals surface area contributed by atoms with Crippen molar-refractivity contribution < 1.29 is 9.53 Å². The van der Waals surface area contributed by atoms with Gasteiger partial charge < -0.3 is 15.8 Å². The lowest BCUT2D eigenvalue weighted by Gasteiger charge is -2.18. The molecule has 1 atom stereocenters. The number of aromatic nitrogens is 2. The Morgan fingerprint density at radius 3 is 2.71 bits per heavy atom. The Morgan fingerprint density at radius 2 is 2.04 bits per heavy atom. The van der Waals surface area contributed by atoms with Crippen molar-refractivity contribution in [3.8, 4) is 16.9 Å². The Kier molecular flexibility index (Phi) is 4.93. The summed E-state index contributed by atoms with van der Waals surface area (Å²) >= 11 is 3.51. The predicted octanol–water partition coefficient (Wildman–Crippen LogP) is 4.38. The monoisotopic (exact) mass is 440 g/mol. The standard InChI is InChI=1S/C21H21BrN4O2/c1-11(12-3-4-12)24-19-15-7-5-13(9-17(15)25-26-20(19)21(23)27)16-10-14(22)6-8-18(16)28-2/h5-12H,3-4H2,1-2H3,(H2,23,27)(H,24,25). The van der Waals surface area contributed by atoms with Gasteiger partial charge in [0.2, 0.25) is 0 Å². The van der Waals surface area contributed by atoms with Gasteiger partial charge >= 0.3 is 0 Å². The minimum absolute atomic E-state index is 0.174. The summed E-state index contributed by atoms with van der Waals surface area (Å²) in [6, 6.07) is 12.0. The zero-order valence-corrected chi connectivity index (χ0v) is 17.3. The number of primary amides is 1. The number of nitrogens with two attached hydrogens (primary N) is 1. The molecule has 0 spiro atoms. The second-order valence-electron chi connectivity index (χ2n) is 7.13. The van der Waals surface area contributed by atoms with Crippen molar-refractivity contribution in [1.29, 1.82) is 0 Å².